The van der Waals surface area contributed by atoms with Crippen LogP contribution in [-0.2, 0) is 20.3 Å². The minimum atomic E-state index is -3.24. The first-order valence-electron chi connectivity index (χ1n) is 12.2. The van der Waals surface area contributed by atoms with Gasteiger partial charge in [0.05, 0.1) is 28.9 Å². The van der Waals surface area contributed by atoms with Gasteiger partial charge in [-0.1, -0.05) is 0 Å². The van der Waals surface area contributed by atoms with E-state index in [-0.39, 0.29) is 35.4 Å². The van der Waals surface area contributed by atoms with Gasteiger partial charge in [-0.05, 0) is 72.4 Å². The minimum absolute atomic E-state index is 0.0400. The maximum absolute atomic E-state index is 12.2. The molecule has 192 valence electrons. The zero-order valence-electron chi connectivity index (χ0n) is 21.1. The number of amides is 1. The van der Waals surface area contributed by atoms with Crippen molar-refractivity contribution in [1.29, 1.82) is 0 Å². The molecule has 10 nitrogen and oxygen atoms in total. The highest BCUT2D eigenvalue weighted by Crippen LogP contribution is 2.38. The van der Waals surface area contributed by atoms with Crippen LogP contribution in [0.1, 0.15) is 71.9 Å². The second kappa shape index (κ2) is 9.67. The van der Waals surface area contributed by atoms with Gasteiger partial charge in [-0.15, -0.1) is 0 Å². The normalized spacial score (nSPS) is 21.9. The number of hydrogen-bond donors (Lipinski definition) is 2. The van der Waals surface area contributed by atoms with Crippen molar-refractivity contribution in [1.82, 2.24) is 20.1 Å². The quantitative estimate of drug-likeness (QED) is 0.608. The fourth-order valence-electron chi connectivity index (χ4n) is 4.60. The Morgan fingerprint density at radius 1 is 1.23 bits per heavy atom. The Bertz CT molecular complexity index is 1150. The number of rotatable bonds is 6. The molecule has 2 aromatic rings. The highest BCUT2D eigenvalue weighted by atomic mass is 32.2. The number of carbonyl (C=O) groups is 1. The third kappa shape index (κ3) is 5.88. The van der Waals surface area contributed by atoms with Crippen LogP contribution in [0.2, 0.25) is 0 Å². The number of sulfonamides is 1. The smallest absolute Gasteiger partial charge is 0.407 e. The van der Waals surface area contributed by atoms with Crippen molar-refractivity contribution in [2.75, 3.05) is 21.9 Å². The molecule has 2 aromatic heterocycles. The summed E-state index contributed by atoms with van der Waals surface area (Å²) in [4.78, 5) is 16.4. The summed E-state index contributed by atoms with van der Waals surface area (Å²) in [5.74, 6) is 1.80. The minimum Gasteiger partial charge on any atom is -0.446 e. The van der Waals surface area contributed by atoms with Gasteiger partial charge in [0.15, 0.2) is 0 Å². The molecule has 3 heterocycles. The van der Waals surface area contributed by atoms with Crippen molar-refractivity contribution in [3.8, 4) is 0 Å². The lowest BCUT2D eigenvalue weighted by Gasteiger charge is -2.23. The van der Waals surface area contributed by atoms with Crippen LogP contribution < -0.4 is 14.9 Å². The van der Waals surface area contributed by atoms with E-state index in [0.29, 0.717) is 24.5 Å². The lowest BCUT2D eigenvalue weighted by atomic mass is 10.0. The Labute approximate surface area is 207 Å². The second-order valence-corrected chi connectivity index (χ2v) is 12.7. The first kappa shape index (κ1) is 25.3. The number of pyridine rings is 1. The summed E-state index contributed by atoms with van der Waals surface area (Å²) in [5, 5.41) is 11.0. The first-order valence-corrected chi connectivity index (χ1v) is 13.8. The Morgan fingerprint density at radius 3 is 2.60 bits per heavy atom. The van der Waals surface area contributed by atoms with Crippen molar-refractivity contribution < 1.29 is 17.9 Å². The summed E-state index contributed by atoms with van der Waals surface area (Å²) < 4.78 is 33.3. The predicted octanol–water partition coefficient (Wildman–Crippen LogP) is 4.09. The van der Waals surface area contributed by atoms with Gasteiger partial charge in [0.2, 0.25) is 10.0 Å². The van der Waals surface area contributed by atoms with Crippen LogP contribution in [0.25, 0.3) is 0 Å². The Hall–Kier alpha value is -2.82. The number of nitrogens with zero attached hydrogens (tertiary/aromatic N) is 4. The molecule has 0 radical (unpaired) electrons. The van der Waals surface area contributed by atoms with E-state index in [1.165, 1.54) is 4.31 Å². The standard InChI is InChI=1S/C24H36N6O4S/c1-16(2)26-23(31)34-19-9-7-17(13-19)20-14-22(30(28-20)24(3,4)5)27-21-10-8-18(15-25-21)29-11-6-12-35(29,32)33/h8,10,14-17,19H,6-7,9,11-13H2,1-5H3,(H,25,27)(H,26,31)/t17-,19+/m0/s1. The third-order valence-corrected chi connectivity index (χ3v) is 8.11. The summed E-state index contributed by atoms with van der Waals surface area (Å²) in [5.41, 5.74) is 1.27. The molecule has 0 aromatic carbocycles. The van der Waals surface area contributed by atoms with Gasteiger partial charge >= 0.3 is 6.09 Å². The predicted molar refractivity (Wildman–Crippen MR) is 136 cm³/mol. The Balaban J connectivity index is 1.48. The fraction of sp³-hybridized carbons (Fsp3) is 0.625. The van der Waals surface area contributed by atoms with Crippen molar-refractivity contribution in [3.63, 3.8) is 0 Å². The van der Waals surface area contributed by atoms with Crippen LogP contribution in [0.3, 0.4) is 0 Å². The van der Waals surface area contributed by atoms with E-state index in [1.807, 2.05) is 24.6 Å². The highest BCUT2D eigenvalue weighted by molar-refractivity contribution is 7.93. The van der Waals surface area contributed by atoms with E-state index in [4.69, 9.17) is 9.84 Å². The number of aromatic nitrogens is 3. The van der Waals surface area contributed by atoms with E-state index in [1.54, 1.807) is 18.3 Å². The topological polar surface area (TPSA) is 118 Å². The first-order chi connectivity index (χ1) is 16.4. The Morgan fingerprint density at radius 2 is 2.00 bits per heavy atom. The molecule has 2 fully saturated rings. The lowest BCUT2D eigenvalue weighted by molar-refractivity contribution is 0.0981. The van der Waals surface area contributed by atoms with E-state index in [0.717, 1.165) is 30.8 Å². The average Bonchev–Trinajstić information content (AvgIpc) is 3.46. The van der Waals surface area contributed by atoms with Gasteiger partial charge in [-0.3, -0.25) is 4.31 Å². The molecule has 1 amide bonds. The molecule has 1 aliphatic carbocycles. The molecule has 1 saturated carbocycles. The fourth-order valence-corrected chi connectivity index (χ4v) is 6.16. The molecular formula is C24H36N6O4S. The van der Waals surface area contributed by atoms with Gasteiger partial charge in [0.25, 0.3) is 0 Å². The zero-order valence-corrected chi connectivity index (χ0v) is 21.9. The monoisotopic (exact) mass is 504 g/mol. The number of anilines is 3. The van der Waals surface area contributed by atoms with Crippen LogP contribution in [-0.4, -0.2) is 53.7 Å². The van der Waals surface area contributed by atoms with Gasteiger partial charge in [-0.2, -0.15) is 5.10 Å². The SMILES string of the molecule is CC(C)NC(=O)O[C@@H]1CC[C@H](c2cc(Nc3ccc(N4CCCS4(=O)=O)cn3)n(C(C)(C)C)n2)C1. The van der Waals surface area contributed by atoms with E-state index in [9.17, 15) is 13.2 Å². The molecule has 2 N–H and O–H groups in total. The molecule has 2 atom stereocenters. The molecule has 2 aliphatic rings. The molecule has 11 heteroatoms. The van der Waals surface area contributed by atoms with Crippen LogP contribution in [0.5, 0.6) is 0 Å². The summed E-state index contributed by atoms with van der Waals surface area (Å²) in [6.45, 7) is 10.6. The summed E-state index contributed by atoms with van der Waals surface area (Å²) in [7, 11) is -3.24. The van der Waals surface area contributed by atoms with Crippen molar-refractivity contribution in [3.05, 3.63) is 30.1 Å². The maximum Gasteiger partial charge on any atom is 0.407 e. The van der Waals surface area contributed by atoms with Gasteiger partial charge in [-0.25, -0.2) is 22.9 Å². The van der Waals surface area contributed by atoms with E-state index in [2.05, 4.69) is 36.4 Å². The van der Waals surface area contributed by atoms with Gasteiger partial charge in [0.1, 0.15) is 17.7 Å². The van der Waals surface area contributed by atoms with Gasteiger partial charge in [0, 0.05) is 24.6 Å². The van der Waals surface area contributed by atoms with E-state index < -0.39 is 10.0 Å². The molecular weight excluding hydrogens is 468 g/mol. The summed E-state index contributed by atoms with van der Waals surface area (Å²) >= 11 is 0. The molecule has 0 unspecified atom stereocenters. The number of hydrogen-bond acceptors (Lipinski definition) is 7. The number of ether oxygens (including phenoxy) is 1. The number of carbonyl (C=O) groups excluding carboxylic acids is 1. The largest absolute Gasteiger partial charge is 0.446 e. The molecule has 1 saturated heterocycles. The number of alkyl carbamates (subject to hydrolysis) is 1. The third-order valence-electron chi connectivity index (χ3n) is 6.24. The second-order valence-electron chi connectivity index (χ2n) is 10.6. The lowest BCUT2D eigenvalue weighted by Crippen LogP contribution is -2.33. The maximum atomic E-state index is 12.2. The van der Waals surface area contributed by atoms with Crippen LogP contribution >= 0.6 is 0 Å². The van der Waals surface area contributed by atoms with Gasteiger partial charge < -0.3 is 15.4 Å². The Kier molecular flexibility index (Phi) is 6.99. The average molecular weight is 505 g/mol. The van der Waals surface area contributed by atoms with Crippen molar-refractivity contribution in [2.24, 2.45) is 0 Å². The van der Waals surface area contributed by atoms with Crippen molar-refractivity contribution in [2.45, 2.75) is 83.9 Å². The summed E-state index contributed by atoms with van der Waals surface area (Å²) in [6.07, 6.45) is 4.18. The molecule has 1 aliphatic heterocycles. The molecule has 35 heavy (non-hydrogen) atoms. The summed E-state index contributed by atoms with van der Waals surface area (Å²) in [6, 6.07) is 5.64. The zero-order chi connectivity index (χ0) is 25.4. The van der Waals surface area contributed by atoms with Crippen LogP contribution in [0.15, 0.2) is 24.4 Å². The molecule has 0 bridgehead atoms. The number of nitrogens with one attached hydrogen (secondary N) is 2. The van der Waals surface area contributed by atoms with Crippen LogP contribution in [0.4, 0.5) is 22.1 Å². The van der Waals surface area contributed by atoms with Crippen molar-refractivity contribution >= 4 is 33.4 Å². The molecule has 0 spiro atoms. The van der Waals surface area contributed by atoms with E-state index >= 15 is 0 Å². The molecule has 4 rings (SSSR count). The van der Waals surface area contributed by atoms with Crippen LogP contribution in [0, 0.1) is 0 Å². The highest BCUT2D eigenvalue weighted by Gasteiger charge is 2.32.